The van der Waals surface area contributed by atoms with Crippen LogP contribution in [-0.2, 0) is 4.79 Å². The zero-order valence-electron chi connectivity index (χ0n) is 16.4. The predicted molar refractivity (Wildman–Crippen MR) is 119 cm³/mol. The molecule has 0 saturated heterocycles. The topological polar surface area (TPSA) is 79.8 Å². The molecule has 154 valence electrons. The molecule has 8 heteroatoms. The van der Waals surface area contributed by atoms with Crippen LogP contribution in [0.5, 0.6) is 5.75 Å². The number of carbonyl (C=O) groups excluding carboxylic acids is 2. The van der Waals surface area contributed by atoms with Crippen molar-refractivity contribution in [3.8, 4) is 5.75 Å². The molecule has 1 unspecified atom stereocenters. The highest BCUT2D eigenvalue weighted by Gasteiger charge is 2.24. The standard InChI is InChI=1S/C21H23BrClN3O3/c1-4-29-18-9-8-16(22)10-15(18)12-24-26-21(28)19(13(2)3)25-20(27)14-6-5-7-17(23)11-14/h5-13,19H,4H2,1-3H3,(H,25,27)(H,26,28)/b24-12-. The zero-order chi connectivity index (χ0) is 21.4. The van der Waals surface area contributed by atoms with Crippen LogP contribution in [0.15, 0.2) is 52.0 Å². The van der Waals surface area contributed by atoms with E-state index in [2.05, 4.69) is 31.8 Å². The van der Waals surface area contributed by atoms with Gasteiger partial charge in [0, 0.05) is 20.6 Å². The van der Waals surface area contributed by atoms with Gasteiger partial charge in [-0.3, -0.25) is 9.59 Å². The first-order valence-corrected chi connectivity index (χ1v) is 10.3. The molecule has 6 nitrogen and oxygen atoms in total. The normalized spacial score (nSPS) is 12.1. The number of amides is 2. The van der Waals surface area contributed by atoms with Gasteiger partial charge >= 0.3 is 0 Å². The van der Waals surface area contributed by atoms with Gasteiger partial charge in [0.05, 0.1) is 12.8 Å². The van der Waals surface area contributed by atoms with E-state index in [1.807, 2.05) is 39.0 Å². The monoisotopic (exact) mass is 479 g/mol. The molecule has 29 heavy (non-hydrogen) atoms. The van der Waals surface area contributed by atoms with E-state index >= 15 is 0 Å². The first kappa shape index (κ1) is 22.9. The third-order valence-electron chi connectivity index (χ3n) is 3.97. The average Bonchev–Trinajstić information content (AvgIpc) is 2.67. The Balaban J connectivity index is 2.07. The number of nitrogens with one attached hydrogen (secondary N) is 2. The smallest absolute Gasteiger partial charge is 0.262 e. The Morgan fingerprint density at radius 3 is 2.66 bits per heavy atom. The van der Waals surface area contributed by atoms with E-state index in [4.69, 9.17) is 16.3 Å². The molecule has 1 atom stereocenters. The fraction of sp³-hybridized carbons (Fsp3) is 0.286. The number of rotatable bonds is 8. The lowest BCUT2D eigenvalue weighted by atomic mass is 10.0. The summed E-state index contributed by atoms with van der Waals surface area (Å²) in [7, 11) is 0. The third kappa shape index (κ3) is 6.87. The minimum atomic E-state index is -0.757. The van der Waals surface area contributed by atoms with Crippen LogP contribution in [0.4, 0.5) is 0 Å². The zero-order valence-corrected chi connectivity index (χ0v) is 18.8. The van der Waals surface area contributed by atoms with Crippen LogP contribution < -0.4 is 15.5 Å². The van der Waals surface area contributed by atoms with Crippen LogP contribution in [0.1, 0.15) is 36.7 Å². The number of carbonyl (C=O) groups is 2. The molecule has 2 amide bonds. The van der Waals surface area contributed by atoms with Gasteiger partial charge in [-0.2, -0.15) is 5.10 Å². The predicted octanol–water partition coefficient (Wildman–Crippen LogP) is 4.41. The Morgan fingerprint density at radius 1 is 1.24 bits per heavy atom. The largest absolute Gasteiger partial charge is 0.493 e. The highest BCUT2D eigenvalue weighted by Crippen LogP contribution is 2.21. The maximum Gasteiger partial charge on any atom is 0.262 e. The summed E-state index contributed by atoms with van der Waals surface area (Å²) in [5.74, 6) is -0.280. The van der Waals surface area contributed by atoms with Gasteiger partial charge in [0.25, 0.3) is 11.8 Å². The fourth-order valence-electron chi connectivity index (χ4n) is 2.53. The Bertz CT molecular complexity index is 902. The third-order valence-corrected chi connectivity index (χ3v) is 4.70. The first-order chi connectivity index (χ1) is 13.8. The second kappa shape index (κ2) is 11.0. The molecule has 0 radical (unpaired) electrons. The Kier molecular flexibility index (Phi) is 8.67. The van der Waals surface area contributed by atoms with Crippen molar-refractivity contribution in [3.05, 3.63) is 63.1 Å². The van der Waals surface area contributed by atoms with Crippen LogP contribution >= 0.6 is 27.5 Å². The van der Waals surface area contributed by atoms with E-state index in [9.17, 15) is 9.59 Å². The molecule has 0 spiro atoms. The van der Waals surface area contributed by atoms with Crippen molar-refractivity contribution in [2.24, 2.45) is 11.0 Å². The number of ether oxygens (including phenoxy) is 1. The summed E-state index contributed by atoms with van der Waals surface area (Å²) in [6.45, 7) is 6.09. The average molecular weight is 481 g/mol. The van der Waals surface area contributed by atoms with Crippen molar-refractivity contribution >= 4 is 45.6 Å². The lowest BCUT2D eigenvalue weighted by molar-refractivity contribution is -0.123. The number of benzene rings is 2. The minimum absolute atomic E-state index is 0.141. The van der Waals surface area contributed by atoms with Gasteiger partial charge in [-0.05, 0) is 49.2 Å². The number of halogens is 2. The molecule has 0 saturated carbocycles. The molecule has 0 heterocycles. The first-order valence-electron chi connectivity index (χ1n) is 9.13. The fourth-order valence-corrected chi connectivity index (χ4v) is 3.10. The van der Waals surface area contributed by atoms with Crippen molar-refractivity contribution in [1.82, 2.24) is 10.7 Å². The van der Waals surface area contributed by atoms with E-state index < -0.39 is 11.9 Å². The molecule has 2 aromatic rings. The van der Waals surface area contributed by atoms with Crippen molar-refractivity contribution < 1.29 is 14.3 Å². The Morgan fingerprint density at radius 2 is 2.00 bits per heavy atom. The molecule has 0 aliphatic rings. The SMILES string of the molecule is CCOc1ccc(Br)cc1/C=N\NC(=O)C(NC(=O)c1cccc(Cl)c1)C(C)C. The van der Waals surface area contributed by atoms with E-state index in [0.29, 0.717) is 28.5 Å². The molecule has 0 bridgehead atoms. The maximum absolute atomic E-state index is 12.6. The summed E-state index contributed by atoms with van der Waals surface area (Å²) in [6.07, 6.45) is 1.50. The molecule has 2 N–H and O–H groups in total. The van der Waals surface area contributed by atoms with Crippen LogP contribution in [0.3, 0.4) is 0 Å². The van der Waals surface area contributed by atoms with Gasteiger partial charge < -0.3 is 10.1 Å². The van der Waals surface area contributed by atoms with Crippen molar-refractivity contribution in [1.29, 1.82) is 0 Å². The summed E-state index contributed by atoms with van der Waals surface area (Å²) in [4.78, 5) is 25.0. The minimum Gasteiger partial charge on any atom is -0.493 e. The van der Waals surface area contributed by atoms with Gasteiger partial charge in [-0.25, -0.2) is 5.43 Å². The Hall–Kier alpha value is -2.38. The summed E-state index contributed by atoms with van der Waals surface area (Å²) >= 11 is 9.34. The molecule has 2 aromatic carbocycles. The number of hydrazone groups is 1. The van der Waals surface area contributed by atoms with Gasteiger partial charge in [0.1, 0.15) is 11.8 Å². The second-order valence-corrected chi connectivity index (χ2v) is 7.91. The number of nitrogens with zero attached hydrogens (tertiary/aromatic N) is 1. The van der Waals surface area contributed by atoms with Gasteiger partial charge in [0.2, 0.25) is 0 Å². The van der Waals surface area contributed by atoms with Gasteiger partial charge in [-0.15, -0.1) is 0 Å². The summed E-state index contributed by atoms with van der Waals surface area (Å²) in [6, 6.07) is 11.3. The highest BCUT2D eigenvalue weighted by molar-refractivity contribution is 9.10. The van der Waals surface area contributed by atoms with E-state index in [-0.39, 0.29) is 11.8 Å². The molecule has 0 aliphatic heterocycles. The molecular weight excluding hydrogens is 458 g/mol. The van der Waals surface area contributed by atoms with Crippen LogP contribution in [0.25, 0.3) is 0 Å². The lowest BCUT2D eigenvalue weighted by Gasteiger charge is -2.20. The number of hydrogen-bond donors (Lipinski definition) is 2. The van der Waals surface area contributed by atoms with Crippen molar-refractivity contribution in [2.45, 2.75) is 26.8 Å². The molecule has 2 rings (SSSR count). The van der Waals surface area contributed by atoms with Gasteiger partial charge in [-0.1, -0.05) is 47.4 Å². The van der Waals surface area contributed by atoms with Crippen molar-refractivity contribution in [3.63, 3.8) is 0 Å². The maximum atomic E-state index is 12.6. The molecule has 0 fully saturated rings. The highest BCUT2D eigenvalue weighted by atomic mass is 79.9. The quantitative estimate of drug-likeness (QED) is 0.434. The van der Waals surface area contributed by atoms with Crippen LogP contribution in [-0.4, -0.2) is 30.7 Å². The van der Waals surface area contributed by atoms with E-state index in [1.165, 1.54) is 6.21 Å². The van der Waals surface area contributed by atoms with E-state index in [1.54, 1.807) is 24.3 Å². The molecule has 0 aromatic heterocycles. The number of hydrogen-bond acceptors (Lipinski definition) is 4. The van der Waals surface area contributed by atoms with E-state index in [0.717, 1.165) is 4.47 Å². The second-order valence-electron chi connectivity index (χ2n) is 6.55. The summed E-state index contributed by atoms with van der Waals surface area (Å²) in [5, 5.41) is 7.21. The van der Waals surface area contributed by atoms with Gasteiger partial charge in [0.15, 0.2) is 0 Å². The molecule has 0 aliphatic carbocycles. The summed E-state index contributed by atoms with van der Waals surface area (Å²) in [5.41, 5.74) is 3.59. The van der Waals surface area contributed by atoms with Crippen LogP contribution in [0.2, 0.25) is 5.02 Å². The summed E-state index contributed by atoms with van der Waals surface area (Å²) < 4.78 is 6.42. The van der Waals surface area contributed by atoms with Crippen molar-refractivity contribution in [2.75, 3.05) is 6.61 Å². The molecular formula is C21H23BrClN3O3. The Labute approximate surface area is 183 Å². The lowest BCUT2D eigenvalue weighted by Crippen LogP contribution is -2.48. The van der Waals surface area contributed by atoms with Crippen LogP contribution in [0, 0.1) is 5.92 Å².